The van der Waals surface area contributed by atoms with Crippen molar-refractivity contribution in [3.8, 4) is 0 Å². The first-order chi connectivity index (χ1) is 12.6. The molecule has 0 bridgehead atoms. The van der Waals surface area contributed by atoms with Gasteiger partial charge in [-0.05, 0) is 23.1 Å². The van der Waals surface area contributed by atoms with Gasteiger partial charge in [0.2, 0.25) is 0 Å². The van der Waals surface area contributed by atoms with Crippen molar-refractivity contribution in [3.05, 3.63) is 90.3 Å². The van der Waals surface area contributed by atoms with Crippen LogP contribution in [0.1, 0.15) is 18.1 Å². The van der Waals surface area contributed by atoms with Gasteiger partial charge in [0.1, 0.15) is 0 Å². The van der Waals surface area contributed by atoms with Crippen LogP contribution < -0.4 is 5.32 Å². The normalized spacial score (nSPS) is 12.5. The van der Waals surface area contributed by atoms with Crippen LogP contribution in [0, 0.1) is 5.92 Å². The van der Waals surface area contributed by atoms with Gasteiger partial charge in [-0.15, -0.1) is 0 Å². The van der Waals surface area contributed by atoms with Crippen LogP contribution in [-0.4, -0.2) is 27.3 Å². The Kier molecular flexibility index (Phi) is 5.49. The van der Waals surface area contributed by atoms with Crippen molar-refractivity contribution in [1.82, 2.24) is 15.1 Å². The highest BCUT2D eigenvalue weighted by molar-refractivity contribution is 5.90. The summed E-state index contributed by atoms with van der Waals surface area (Å²) in [6, 6.07) is 19.9. The van der Waals surface area contributed by atoms with Crippen molar-refractivity contribution in [1.29, 1.82) is 0 Å². The number of nitrogens with zero attached hydrogens (tertiary/aromatic N) is 2. The Morgan fingerprint density at radius 3 is 2.15 bits per heavy atom. The summed E-state index contributed by atoms with van der Waals surface area (Å²) < 4.78 is 1.83. The monoisotopic (exact) mass is 349 g/mol. The minimum Gasteiger partial charge on any atom is -0.372 e. The zero-order valence-electron chi connectivity index (χ0n) is 14.7. The van der Waals surface area contributed by atoms with Crippen LogP contribution >= 0.6 is 0 Å². The van der Waals surface area contributed by atoms with E-state index in [1.54, 1.807) is 30.5 Å². The second kappa shape index (κ2) is 7.97. The van der Waals surface area contributed by atoms with Gasteiger partial charge in [-0.25, -0.2) is 0 Å². The van der Waals surface area contributed by atoms with E-state index in [0.29, 0.717) is 24.2 Å². The summed E-state index contributed by atoms with van der Waals surface area (Å²) in [4.78, 5) is 13.0. The molecule has 3 rings (SSSR count). The van der Waals surface area contributed by atoms with Crippen LogP contribution in [0.5, 0.6) is 0 Å². The van der Waals surface area contributed by atoms with E-state index >= 15 is 0 Å². The molecule has 5 nitrogen and oxygen atoms in total. The number of aromatic nitrogens is 2. The Bertz CT molecular complexity index is 777. The molecule has 134 valence electrons. The van der Waals surface area contributed by atoms with E-state index in [4.69, 9.17) is 0 Å². The zero-order valence-corrected chi connectivity index (χ0v) is 14.7. The predicted molar refractivity (Wildman–Crippen MR) is 100 cm³/mol. The van der Waals surface area contributed by atoms with Gasteiger partial charge in [-0.3, -0.25) is 9.48 Å². The summed E-state index contributed by atoms with van der Waals surface area (Å²) in [6.45, 7) is 3.18. The SMILES string of the molecule is CC(CNC(=O)C(O)(c1ccccc1)c1ccccc1)Cn1cccn1. The average molecular weight is 349 g/mol. The minimum absolute atomic E-state index is 0.176. The summed E-state index contributed by atoms with van der Waals surface area (Å²) >= 11 is 0. The Morgan fingerprint density at radius 2 is 1.65 bits per heavy atom. The lowest BCUT2D eigenvalue weighted by atomic mass is 9.85. The first kappa shape index (κ1) is 17.9. The van der Waals surface area contributed by atoms with Crippen molar-refractivity contribution in [2.24, 2.45) is 5.92 Å². The average Bonchev–Trinajstić information content (AvgIpc) is 3.19. The number of amides is 1. The Balaban J connectivity index is 1.78. The number of benzene rings is 2. The Labute approximate surface area is 153 Å². The fraction of sp³-hybridized carbons (Fsp3) is 0.238. The van der Waals surface area contributed by atoms with Gasteiger partial charge < -0.3 is 10.4 Å². The maximum atomic E-state index is 13.0. The quantitative estimate of drug-likeness (QED) is 0.689. The van der Waals surface area contributed by atoms with E-state index in [1.165, 1.54) is 0 Å². The van der Waals surface area contributed by atoms with Gasteiger partial charge in [0.25, 0.3) is 5.91 Å². The first-order valence-corrected chi connectivity index (χ1v) is 8.70. The van der Waals surface area contributed by atoms with Gasteiger partial charge in [0.15, 0.2) is 5.60 Å². The lowest BCUT2D eigenvalue weighted by Gasteiger charge is -2.28. The molecular formula is C21H23N3O2. The predicted octanol–water partition coefficient (Wildman–Crippen LogP) is 2.57. The molecule has 1 aromatic heterocycles. The molecule has 0 aliphatic rings. The van der Waals surface area contributed by atoms with Gasteiger partial charge >= 0.3 is 0 Å². The van der Waals surface area contributed by atoms with E-state index < -0.39 is 11.5 Å². The van der Waals surface area contributed by atoms with Crippen LogP contribution in [-0.2, 0) is 16.9 Å². The molecule has 1 atom stereocenters. The summed E-state index contributed by atoms with van der Waals surface area (Å²) in [5, 5.41) is 18.4. The number of nitrogens with one attached hydrogen (secondary N) is 1. The van der Waals surface area contributed by atoms with E-state index in [9.17, 15) is 9.90 Å². The standard InChI is InChI=1S/C21H23N3O2/c1-17(16-24-14-8-13-23-24)15-22-20(25)21(26,18-9-4-2-5-10-18)19-11-6-3-7-12-19/h2-14,17,26H,15-16H2,1H3,(H,22,25). The molecule has 2 N–H and O–H groups in total. The molecule has 1 heterocycles. The third-order valence-corrected chi connectivity index (χ3v) is 4.38. The lowest BCUT2D eigenvalue weighted by Crippen LogP contribution is -2.46. The highest BCUT2D eigenvalue weighted by Gasteiger charge is 2.39. The van der Waals surface area contributed by atoms with Gasteiger partial charge in [0, 0.05) is 25.5 Å². The molecule has 0 saturated heterocycles. The number of carbonyl (C=O) groups excluding carboxylic acids is 1. The van der Waals surface area contributed by atoms with Crippen LogP contribution in [0.3, 0.4) is 0 Å². The fourth-order valence-corrected chi connectivity index (χ4v) is 2.97. The van der Waals surface area contributed by atoms with Crippen molar-refractivity contribution in [2.75, 3.05) is 6.54 Å². The zero-order chi connectivity index (χ0) is 18.4. The van der Waals surface area contributed by atoms with Crippen LogP contribution in [0.4, 0.5) is 0 Å². The van der Waals surface area contributed by atoms with Crippen molar-refractivity contribution >= 4 is 5.91 Å². The third-order valence-electron chi connectivity index (χ3n) is 4.38. The van der Waals surface area contributed by atoms with Crippen LogP contribution in [0.25, 0.3) is 0 Å². The maximum absolute atomic E-state index is 13.0. The maximum Gasteiger partial charge on any atom is 0.261 e. The number of carbonyl (C=O) groups is 1. The van der Waals surface area contributed by atoms with Gasteiger partial charge in [-0.1, -0.05) is 67.6 Å². The van der Waals surface area contributed by atoms with Gasteiger partial charge in [-0.2, -0.15) is 5.10 Å². The molecule has 2 aromatic carbocycles. The molecule has 0 spiro atoms. The molecule has 0 radical (unpaired) electrons. The molecule has 3 aromatic rings. The molecular weight excluding hydrogens is 326 g/mol. The second-order valence-corrected chi connectivity index (χ2v) is 6.49. The molecule has 26 heavy (non-hydrogen) atoms. The third kappa shape index (κ3) is 3.83. The molecule has 1 amide bonds. The topological polar surface area (TPSA) is 67.2 Å². The van der Waals surface area contributed by atoms with E-state index in [2.05, 4.69) is 10.4 Å². The second-order valence-electron chi connectivity index (χ2n) is 6.49. The Hall–Kier alpha value is -2.92. The highest BCUT2D eigenvalue weighted by atomic mass is 16.3. The summed E-state index contributed by atoms with van der Waals surface area (Å²) in [5.41, 5.74) is -0.639. The molecule has 0 aliphatic heterocycles. The largest absolute Gasteiger partial charge is 0.372 e. The molecule has 5 heteroatoms. The van der Waals surface area contributed by atoms with E-state index in [0.717, 1.165) is 0 Å². The molecule has 0 saturated carbocycles. The van der Waals surface area contributed by atoms with Gasteiger partial charge in [0.05, 0.1) is 0 Å². The van der Waals surface area contributed by atoms with Crippen LogP contribution in [0.15, 0.2) is 79.1 Å². The molecule has 1 unspecified atom stereocenters. The Morgan fingerprint density at radius 1 is 1.08 bits per heavy atom. The number of hydrogen-bond acceptors (Lipinski definition) is 3. The number of aliphatic hydroxyl groups is 1. The smallest absolute Gasteiger partial charge is 0.261 e. The van der Waals surface area contributed by atoms with Crippen molar-refractivity contribution in [2.45, 2.75) is 19.1 Å². The molecule has 0 fully saturated rings. The van der Waals surface area contributed by atoms with Crippen molar-refractivity contribution in [3.63, 3.8) is 0 Å². The van der Waals surface area contributed by atoms with Crippen molar-refractivity contribution < 1.29 is 9.90 Å². The lowest BCUT2D eigenvalue weighted by molar-refractivity contribution is -0.136. The first-order valence-electron chi connectivity index (χ1n) is 8.70. The van der Waals surface area contributed by atoms with E-state index in [-0.39, 0.29) is 5.92 Å². The van der Waals surface area contributed by atoms with E-state index in [1.807, 2.05) is 60.3 Å². The summed E-state index contributed by atoms with van der Waals surface area (Å²) in [5.74, 6) is -0.253. The fourth-order valence-electron chi connectivity index (χ4n) is 2.97. The van der Waals surface area contributed by atoms with Crippen LogP contribution in [0.2, 0.25) is 0 Å². The summed E-state index contributed by atoms with van der Waals surface area (Å²) in [6.07, 6.45) is 3.62. The highest BCUT2D eigenvalue weighted by Crippen LogP contribution is 2.29. The number of rotatable bonds is 7. The summed E-state index contributed by atoms with van der Waals surface area (Å²) in [7, 11) is 0. The molecule has 0 aliphatic carbocycles. The number of hydrogen-bond donors (Lipinski definition) is 2. The minimum atomic E-state index is -1.73.